The lowest BCUT2D eigenvalue weighted by atomic mass is 10.1. The maximum Gasteiger partial charge on any atom is 0.343 e. The van der Waals surface area contributed by atoms with E-state index < -0.39 is 23.9 Å². The summed E-state index contributed by atoms with van der Waals surface area (Å²) in [6, 6.07) is 25.6. The Morgan fingerprint density at radius 1 is 0.556 bits per heavy atom. The van der Waals surface area contributed by atoms with E-state index in [9.17, 15) is 19.2 Å². The molecule has 280 valence electrons. The van der Waals surface area contributed by atoms with E-state index in [1.54, 1.807) is 78.9 Å². The van der Waals surface area contributed by atoms with Crippen LogP contribution in [0.3, 0.4) is 0 Å². The first-order valence-corrected chi connectivity index (χ1v) is 17.4. The van der Waals surface area contributed by atoms with Crippen molar-refractivity contribution >= 4 is 35.3 Å². The van der Waals surface area contributed by atoms with Crippen molar-refractivity contribution in [3.05, 3.63) is 139 Å². The van der Waals surface area contributed by atoms with Crippen molar-refractivity contribution in [1.29, 1.82) is 0 Å². The summed E-state index contributed by atoms with van der Waals surface area (Å²) in [6.45, 7) is 12.0. The highest BCUT2D eigenvalue weighted by atomic mass is 16.5. The van der Waals surface area contributed by atoms with Crippen LogP contribution in [0.15, 0.2) is 121 Å². The Morgan fingerprint density at radius 3 is 1.43 bits per heavy atom. The Hall–Kier alpha value is -6.49. The van der Waals surface area contributed by atoms with Crippen molar-refractivity contribution in [3.63, 3.8) is 0 Å². The van der Waals surface area contributed by atoms with Crippen LogP contribution in [0.2, 0.25) is 0 Å². The number of nitrogens with zero attached hydrogens (tertiary/aromatic N) is 1. The third-order valence-corrected chi connectivity index (χ3v) is 7.77. The van der Waals surface area contributed by atoms with Gasteiger partial charge in [-0.1, -0.05) is 13.2 Å². The van der Waals surface area contributed by atoms with Gasteiger partial charge in [-0.25, -0.2) is 19.2 Å². The van der Waals surface area contributed by atoms with Crippen molar-refractivity contribution in [2.75, 3.05) is 26.4 Å². The highest BCUT2D eigenvalue weighted by molar-refractivity contribution is 6.00. The second-order valence-corrected chi connectivity index (χ2v) is 11.9. The number of benzene rings is 4. The standard InChI is InChI=1S/C43H43NO10/c1-5-40(45)51-27-9-7-25-49-35-17-13-33(14-18-35)42(47)53-37-21-11-32(12-22-37)31(4)44-39-24-23-38(29-30(39)3)54-43(48)34-15-19-36(20-16-34)50-26-8-10-28-52-41(46)6-2/h5-6,11-24,29H,1-2,7-10,25-28H2,3-4H3. The summed E-state index contributed by atoms with van der Waals surface area (Å²) < 4.78 is 32.4. The zero-order valence-corrected chi connectivity index (χ0v) is 30.4. The van der Waals surface area contributed by atoms with Gasteiger partial charge in [-0.3, -0.25) is 4.99 Å². The van der Waals surface area contributed by atoms with Crippen molar-refractivity contribution in [2.24, 2.45) is 4.99 Å². The summed E-state index contributed by atoms with van der Waals surface area (Å²) in [4.78, 5) is 52.4. The molecule has 0 unspecified atom stereocenters. The fraction of sp³-hybridized carbons (Fsp3) is 0.233. The lowest BCUT2D eigenvalue weighted by molar-refractivity contribution is -0.138. The van der Waals surface area contributed by atoms with Crippen LogP contribution in [0.25, 0.3) is 0 Å². The number of carbonyl (C=O) groups excluding carboxylic acids is 4. The number of aliphatic imine (C=N–C) groups is 1. The third-order valence-electron chi connectivity index (χ3n) is 7.77. The van der Waals surface area contributed by atoms with Gasteiger partial charge in [0.2, 0.25) is 0 Å². The molecule has 0 heterocycles. The lowest BCUT2D eigenvalue weighted by Gasteiger charge is -2.10. The molecule has 0 aromatic heterocycles. The predicted octanol–water partition coefficient (Wildman–Crippen LogP) is 8.35. The van der Waals surface area contributed by atoms with Crippen LogP contribution in [0, 0.1) is 6.92 Å². The summed E-state index contributed by atoms with van der Waals surface area (Å²) in [5.41, 5.74) is 3.86. The van der Waals surface area contributed by atoms with E-state index in [0.29, 0.717) is 91.9 Å². The molecule has 4 aromatic rings. The highest BCUT2D eigenvalue weighted by Crippen LogP contribution is 2.26. The fourth-order valence-electron chi connectivity index (χ4n) is 4.78. The van der Waals surface area contributed by atoms with Crippen LogP contribution in [0.5, 0.6) is 23.0 Å². The molecule has 0 aliphatic carbocycles. The Labute approximate surface area is 314 Å². The molecule has 0 saturated heterocycles. The third kappa shape index (κ3) is 13.2. The van der Waals surface area contributed by atoms with E-state index in [1.807, 2.05) is 26.0 Å². The maximum absolute atomic E-state index is 12.8. The number of hydrogen-bond acceptors (Lipinski definition) is 11. The van der Waals surface area contributed by atoms with Gasteiger partial charge in [-0.2, -0.15) is 0 Å². The molecule has 4 rings (SSSR count). The van der Waals surface area contributed by atoms with Gasteiger partial charge in [0.25, 0.3) is 0 Å². The molecule has 0 spiro atoms. The summed E-state index contributed by atoms with van der Waals surface area (Å²) in [5.74, 6) is 0.115. The van der Waals surface area contributed by atoms with Crippen LogP contribution in [-0.2, 0) is 19.1 Å². The highest BCUT2D eigenvalue weighted by Gasteiger charge is 2.12. The van der Waals surface area contributed by atoms with Crippen molar-refractivity contribution in [2.45, 2.75) is 39.5 Å². The molecular formula is C43H43NO10. The number of ether oxygens (including phenoxy) is 6. The van der Waals surface area contributed by atoms with Gasteiger partial charge < -0.3 is 28.4 Å². The quantitative estimate of drug-likeness (QED) is 0.0287. The first kappa shape index (κ1) is 40.3. The molecule has 0 fully saturated rings. The summed E-state index contributed by atoms with van der Waals surface area (Å²) in [7, 11) is 0. The SMILES string of the molecule is C=CC(=O)OCCCCOc1ccc(C(=O)Oc2ccc(C(C)=Nc3ccc(OC(=O)c4ccc(OCCCCOC(=O)C=C)cc4)cc3C)cc2)cc1. The van der Waals surface area contributed by atoms with Crippen LogP contribution in [0.4, 0.5) is 5.69 Å². The van der Waals surface area contributed by atoms with Gasteiger partial charge in [0.05, 0.1) is 43.2 Å². The van der Waals surface area contributed by atoms with E-state index in [0.717, 1.165) is 29.0 Å². The molecule has 0 atom stereocenters. The molecule has 0 amide bonds. The number of unbranched alkanes of at least 4 members (excludes halogenated alkanes) is 2. The molecule has 54 heavy (non-hydrogen) atoms. The number of carbonyl (C=O) groups is 4. The molecule has 0 N–H and O–H groups in total. The van der Waals surface area contributed by atoms with E-state index in [-0.39, 0.29) is 0 Å². The van der Waals surface area contributed by atoms with Crippen LogP contribution < -0.4 is 18.9 Å². The van der Waals surface area contributed by atoms with E-state index >= 15 is 0 Å². The number of hydrogen-bond donors (Lipinski definition) is 0. The monoisotopic (exact) mass is 733 g/mol. The Balaban J connectivity index is 1.22. The van der Waals surface area contributed by atoms with Gasteiger partial charge >= 0.3 is 23.9 Å². The average molecular weight is 734 g/mol. The molecule has 0 aliphatic rings. The fourth-order valence-corrected chi connectivity index (χ4v) is 4.78. The molecule has 0 bridgehead atoms. The first-order chi connectivity index (χ1) is 26.1. The van der Waals surface area contributed by atoms with Gasteiger partial charge in [0, 0.05) is 17.9 Å². The molecule has 11 heteroatoms. The van der Waals surface area contributed by atoms with Gasteiger partial charge in [0.15, 0.2) is 0 Å². The average Bonchev–Trinajstić information content (AvgIpc) is 3.18. The van der Waals surface area contributed by atoms with Crippen molar-refractivity contribution < 1.29 is 47.6 Å². The summed E-state index contributed by atoms with van der Waals surface area (Å²) in [6.07, 6.45) is 4.99. The van der Waals surface area contributed by atoms with E-state index in [1.165, 1.54) is 0 Å². The van der Waals surface area contributed by atoms with Gasteiger partial charge in [-0.15, -0.1) is 0 Å². The van der Waals surface area contributed by atoms with Crippen molar-refractivity contribution in [1.82, 2.24) is 0 Å². The number of aryl methyl sites for hydroxylation is 1. The molecule has 11 nitrogen and oxygen atoms in total. The Kier molecular flexibility index (Phi) is 15.8. The van der Waals surface area contributed by atoms with Crippen LogP contribution in [-0.4, -0.2) is 56.0 Å². The van der Waals surface area contributed by atoms with Gasteiger partial charge in [-0.05, 0) is 142 Å². The molecule has 0 radical (unpaired) electrons. The second kappa shape index (κ2) is 21.1. The molecule has 0 aliphatic heterocycles. The molecule has 0 saturated carbocycles. The Morgan fingerprint density at radius 2 is 0.963 bits per heavy atom. The van der Waals surface area contributed by atoms with Crippen LogP contribution in [0.1, 0.15) is 64.4 Å². The second-order valence-electron chi connectivity index (χ2n) is 11.9. The predicted molar refractivity (Wildman–Crippen MR) is 204 cm³/mol. The lowest BCUT2D eigenvalue weighted by Crippen LogP contribution is -2.09. The topological polar surface area (TPSA) is 136 Å². The summed E-state index contributed by atoms with van der Waals surface area (Å²) >= 11 is 0. The summed E-state index contributed by atoms with van der Waals surface area (Å²) in [5, 5.41) is 0. The van der Waals surface area contributed by atoms with Crippen molar-refractivity contribution in [3.8, 4) is 23.0 Å². The largest absolute Gasteiger partial charge is 0.494 e. The minimum absolute atomic E-state index is 0.304. The minimum Gasteiger partial charge on any atom is -0.494 e. The molecule has 4 aromatic carbocycles. The first-order valence-electron chi connectivity index (χ1n) is 17.4. The van der Waals surface area contributed by atoms with Crippen LogP contribution >= 0.6 is 0 Å². The number of rotatable bonds is 20. The smallest absolute Gasteiger partial charge is 0.343 e. The zero-order chi connectivity index (χ0) is 38.7. The normalized spacial score (nSPS) is 10.8. The zero-order valence-electron chi connectivity index (χ0n) is 30.4. The van der Waals surface area contributed by atoms with Gasteiger partial charge in [0.1, 0.15) is 23.0 Å². The van der Waals surface area contributed by atoms with E-state index in [4.69, 9.17) is 33.4 Å². The van der Waals surface area contributed by atoms with E-state index in [2.05, 4.69) is 13.2 Å². The minimum atomic E-state index is -0.502. The molecular weight excluding hydrogens is 690 g/mol. The Bertz CT molecular complexity index is 1930. The maximum atomic E-state index is 12.8. The number of esters is 4.